The number of hydrogen-bond acceptors (Lipinski definition) is 3. The second-order valence-electron chi connectivity index (χ2n) is 4.06. The summed E-state index contributed by atoms with van der Waals surface area (Å²) in [6.07, 6.45) is 0.890. The van der Waals surface area contributed by atoms with Crippen molar-refractivity contribution in [3.63, 3.8) is 0 Å². The third kappa shape index (κ3) is 3.95. The van der Waals surface area contributed by atoms with Gasteiger partial charge in [-0.25, -0.2) is 14.2 Å². The van der Waals surface area contributed by atoms with Crippen molar-refractivity contribution in [2.24, 2.45) is 5.73 Å². The number of nitrogens with zero attached hydrogens (tertiary/aromatic N) is 1. The van der Waals surface area contributed by atoms with E-state index in [2.05, 4.69) is 4.98 Å². The number of hydrogen-bond donors (Lipinski definition) is 1. The standard InChI is InChI=1S/C10H11ClFIN2O2/c1-10(2,17-9(14)16)3-5-4-15-8(11)6(12)7(5)13/h4H,3H2,1-2H3,(H2,14,16). The van der Waals surface area contributed by atoms with E-state index in [1.165, 1.54) is 6.20 Å². The first-order chi connectivity index (χ1) is 7.73. The van der Waals surface area contributed by atoms with Crippen molar-refractivity contribution in [3.05, 3.63) is 26.3 Å². The molecule has 0 aromatic carbocycles. The lowest BCUT2D eigenvalue weighted by Gasteiger charge is -2.24. The minimum Gasteiger partial charge on any atom is -0.443 e. The van der Waals surface area contributed by atoms with Gasteiger partial charge in [0.05, 0.1) is 3.57 Å². The molecule has 94 valence electrons. The van der Waals surface area contributed by atoms with Gasteiger partial charge < -0.3 is 10.5 Å². The van der Waals surface area contributed by atoms with Crippen molar-refractivity contribution < 1.29 is 13.9 Å². The summed E-state index contributed by atoms with van der Waals surface area (Å²) in [5, 5.41) is -0.174. The second kappa shape index (κ2) is 5.34. The molecule has 2 N–H and O–H groups in total. The summed E-state index contributed by atoms with van der Waals surface area (Å²) in [7, 11) is 0. The number of carbonyl (C=O) groups is 1. The molecule has 0 unspecified atom stereocenters. The molecule has 0 atom stereocenters. The first-order valence-corrected chi connectivity index (χ1v) is 6.15. The Kier molecular flexibility index (Phi) is 4.54. The van der Waals surface area contributed by atoms with Crippen LogP contribution < -0.4 is 5.73 Å². The molecule has 1 aromatic heterocycles. The van der Waals surface area contributed by atoms with Crippen molar-refractivity contribution in [2.45, 2.75) is 25.9 Å². The fourth-order valence-electron chi connectivity index (χ4n) is 1.37. The monoisotopic (exact) mass is 372 g/mol. The van der Waals surface area contributed by atoms with Crippen molar-refractivity contribution >= 4 is 40.3 Å². The van der Waals surface area contributed by atoms with Crippen LogP contribution in [0.2, 0.25) is 5.15 Å². The average Bonchev–Trinajstić information content (AvgIpc) is 2.17. The van der Waals surface area contributed by atoms with Gasteiger partial charge in [-0.2, -0.15) is 0 Å². The van der Waals surface area contributed by atoms with Gasteiger partial charge in [0.1, 0.15) is 5.60 Å². The Hall–Kier alpha value is -0.630. The number of rotatable bonds is 3. The Morgan fingerprint density at radius 2 is 2.29 bits per heavy atom. The molecule has 1 aromatic rings. The smallest absolute Gasteiger partial charge is 0.405 e. The summed E-state index contributed by atoms with van der Waals surface area (Å²) < 4.78 is 18.8. The highest BCUT2D eigenvalue weighted by Crippen LogP contribution is 2.25. The van der Waals surface area contributed by atoms with Crippen LogP contribution >= 0.6 is 34.2 Å². The minimum absolute atomic E-state index is 0.174. The molecule has 0 aliphatic carbocycles. The fourth-order valence-corrected chi connectivity index (χ4v) is 2.26. The van der Waals surface area contributed by atoms with Crippen LogP contribution in [0.25, 0.3) is 0 Å². The topological polar surface area (TPSA) is 65.2 Å². The van der Waals surface area contributed by atoms with Gasteiger partial charge in [0.2, 0.25) is 0 Å². The van der Waals surface area contributed by atoms with Gasteiger partial charge in [0.25, 0.3) is 0 Å². The lowest BCUT2D eigenvalue weighted by molar-refractivity contribution is 0.0458. The quantitative estimate of drug-likeness (QED) is 0.655. The molecule has 0 spiro atoms. The number of ether oxygens (including phenoxy) is 1. The van der Waals surface area contributed by atoms with E-state index in [1.54, 1.807) is 13.8 Å². The van der Waals surface area contributed by atoms with Crippen LogP contribution in [-0.4, -0.2) is 16.7 Å². The van der Waals surface area contributed by atoms with Gasteiger partial charge in [-0.1, -0.05) is 11.6 Å². The number of carbonyl (C=O) groups excluding carboxylic acids is 1. The number of nitrogens with two attached hydrogens (primary N) is 1. The Morgan fingerprint density at radius 1 is 1.71 bits per heavy atom. The maximum Gasteiger partial charge on any atom is 0.405 e. The molecule has 0 aliphatic rings. The number of halogens is 3. The van der Waals surface area contributed by atoms with Gasteiger partial charge in [0, 0.05) is 12.6 Å². The predicted octanol–water partition coefficient (Wildman–Crippen LogP) is 2.90. The summed E-state index contributed by atoms with van der Waals surface area (Å²) in [5.74, 6) is -0.570. The van der Waals surface area contributed by atoms with Crippen LogP contribution in [0.5, 0.6) is 0 Å². The molecule has 4 nitrogen and oxygen atoms in total. The number of primary amides is 1. The van der Waals surface area contributed by atoms with E-state index < -0.39 is 17.5 Å². The highest BCUT2D eigenvalue weighted by molar-refractivity contribution is 14.1. The molecule has 0 saturated heterocycles. The van der Waals surface area contributed by atoms with E-state index in [1.807, 2.05) is 22.6 Å². The van der Waals surface area contributed by atoms with Crippen LogP contribution in [0.1, 0.15) is 19.4 Å². The zero-order chi connectivity index (χ0) is 13.2. The van der Waals surface area contributed by atoms with Crippen LogP contribution in [0.4, 0.5) is 9.18 Å². The van der Waals surface area contributed by atoms with Crippen LogP contribution in [0, 0.1) is 9.39 Å². The summed E-state index contributed by atoms with van der Waals surface area (Å²) in [5.41, 5.74) is 4.73. The summed E-state index contributed by atoms with van der Waals surface area (Å²) in [6.45, 7) is 3.36. The third-order valence-corrected chi connectivity index (χ3v) is 3.41. The third-order valence-electron chi connectivity index (χ3n) is 1.98. The van der Waals surface area contributed by atoms with Crippen molar-refractivity contribution in [3.8, 4) is 0 Å². The maximum absolute atomic E-state index is 13.5. The molecule has 1 heterocycles. The molecular formula is C10H11ClFIN2O2. The highest BCUT2D eigenvalue weighted by atomic mass is 127. The first kappa shape index (κ1) is 14.4. The van der Waals surface area contributed by atoms with Gasteiger partial charge in [-0.05, 0) is 42.0 Å². The van der Waals surface area contributed by atoms with Crippen molar-refractivity contribution in [1.82, 2.24) is 4.98 Å². The largest absolute Gasteiger partial charge is 0.443 e. The van der Waals surface area contributed by atoms with E-state index >= 15 is 0 Å². The number of amides is 1. The Balaban J connectivity index is 2.96. The molecule has 7 heteroatoms. The van der Waals surface area contributed by atoms with Gasteiger partial charge in [-0.3, -0.25) is 0 Å². The number of aromatic nitrogens is 1. The molecule has 0 bridgehead atoms. The minimum atomic E-state index is -0.868. The second-order valence-corrected chi connectivity index (χ2v) is 5.50. The van der Waals surface area contributed by atoms with Crippen molar-refractivity contribution in [2.75, 3.05) is 0 Å². The van der Waals surface area contributed by atoms with E-state index in [0.29, 0.717) is 15.6 Å². The van der Waals surface area contributed by atoms with Crippen LogP contribution in [0.15, 0.2) is 6.20 Å². The fraction of sp³-hybridized carbons (Fsp3) is 0.400. The molecule has 0 radical (unpaired) electrons. The van der Waals surface area contributed by atoms with E-state index in [9.17, 15) is 9.18 Å². The molecular weight excluding hydrogens is 361 g/mol. The highest BCUT2D eigenvalue weighted by Gasteiger charge is 2.25. The maximum atomic E-state index is 13.5. The molecule has 0 aliphatic heterocycles. The Labute approximate surface area is 117 Å². The summed E-state index contributed by atoms with van der Waals surface area (Å²) in [6, 6.07) is 0. The summed E-state index contributed by atoms with van der Waals surface area (Å²) in [4.78, 5) is 14.4. The lowest BCUT2D eigenvalue weighted by atomic mass is 10.00. The molecule has 17 heavy (non-hydrogen) atoms. The van der Waals surface area contributed by atoms with Crippen molar-refractivity contribution in [1.29, 1.82) is 0 Å². The SMILES string of the molecule is CC(C)(Cc1cnc(Cl)c(F)c1I)OC(N)=O. The Morgan fingerprint density at radius 3 is 2.82 bits per heavy atom. The molecule has 0 saturated carbocycles. The Bertz CT molecular complexity index is 454. The van der Waals surface area contributed by atoms with Gasteiger partial charge in [0.15, 0.2) is 11.0 Å². The first-order valence-electron chi connectivity index (χ1n) is 4.70. The number of pyridine rings is 1. The normalized spacial score (nSPS) is 11.4. The zero-order valence-corrected chi connectivity index (χ0v) is 12.2. The van der Waals surface area contributed by atoms with E-state index in [-0.39, 0.29) is 5.15 Å². The van der Waals surface area contributed by atoms with E-state index in [4.69, 9.17) is 22.1 Å². The summed E-state index contributed by atoms with van der Waals surface area (Å²) >= 11 is 7.38. The lowest BCUT2D eigenvalue weighted by Crippen LogP contribution is -2.33. The van der Waals surface area contributed by atoms with Gasteiger partial charge >= 0.3 is 6.09 Å². The van der Waals surface area contributed by atoms with Crippen LogP contribution in [0.3, 0.4) is 0 Å². The molecule has 0 fully saturated rings. The van der Waals surface area contributed by atoms with Crippen LogP contribution in [-0.2, 0) is 11.2 Å². The zero-order valence-electron chi connectivity index (χ0n) is 9.26. The van der Waals surface area contributed by atoms with E-state index in [0.717, 1.165) is 0 Å². The molecule has 1 rings (SSSR count). The molecule has 1 amide bonds. The predicted molar refractivity (Wildman–Crippen MR) is 70.4 cm³/mol. The van der Waals surface area contributed by atoms with Gasteiger partial charge in [-0.15, -0.1) is 0 Å². The average molecular weight is 373 g/mol.